The third kappa shape index (κ3) is 2.58. The van der Waals surface area contributed by atoms with Gasteiger partial charge in [-0.25, -0.2) is 4.68 Å². The van der Waals surface area contributed by atoms with E-state index in [0.717, 1.165) is 11.3 Å². The van der Waals surface area contributed by atoms with Crippen LogP contribution in [0, 0.1) is 6.92 Å². The van der Waals surface area contributed by atoms with Crippen molar-refractivity contribution in [1.82, 2.24) is 9.78 Å². The number of aryl methyl sites for hydroxylation is 1. The molecule has 5 heteroatoms. The van der Waals surface area contributed by atoms with Gasteiger partial charge in [0.2, 0.25) is 0 Å². The van der Waals surface area contributed by atoms with Gasteiger partial charge in [-0.3, -0.25) is 0 Å². The number of aromatic nitrogens is 2. The number of para-hydroxylation sites is 1. The van der Waals surface area contributed by atoms with Crippen LogP contribution in [0.25, 0.3) is 5.69 Å². The van der Waals surface area contributed by atoms with Crippen molar-refractivity contribution in [2.75, 3.05) is 5.75 Å². The van der Waals surface area contributed by atoms with Crippen molar-refractivity contribution in [3.05, 3.63) is 47.8 Å². The van der Waals surface area contributed by atoms with Crippen LogP contribution >= 0.6 is 12.6 Å². The molecule has 0 radical (unpaired) electrons. The number of benzene rings is 1. The highest BCUT2D eigenvalue weighted by atomic mass is 32.1. The summed E-state index contributed by atoms with van der Waals surface area (Å²) < 4.78 is 1.69. The molecule has 2 unspecified atom stereocenters. The second-order valence-electron chi connectivity index (χ2n) is 4.20. The molecule has 2 N–H and O–H groups in total. The normalized spacial score (nSPS) is 14.4. The smallest absolute Gasteiger partial charge is 0.109 e. The number of rotatable bonds is 4. The predicted octanol–water partition coefficient (Wildman–Crippen LogP) is 1.50. The molecule has 1 heterocycles. The van der Waals surface area contributed by atoms with Gasteiger partial charge in [0.05, 0.1) is 18.0 Å². The molecule has 2 rings (SSSR count). The standard InChI is InChI=1S/C13H16N2O2S/c1-9-4-2-3-5-11(9)15-7-10(6-14-15)13(17)12(16)8-18/h2-7,12-13,16-18H,8H2,1H3. The first-order chi connectivity index (χ1) is 8.63. The minimum Gasteiger partial charge on any atom is -0.389 e. The first kappa shape index (κ1) is 13.1. The Kier molecular flexibility index (Phi) is 4.06. The molecular formula is C13H16N2O2S. The lowest BCUT2D eigenvalue weighted by Gasteiger charge is -2.13. The van der Waals surface area contributed by atoms with E-state index in [9.17, 15) is 10.2 Å². The molecule has 0 spiro atoms. The zero-order chi connectivity index (χ0) is 13.1. The van der Waals surface area contributed by atoms with Crippen molar-refractivity contribution < 1.29 is 10.2 Å². The van der Waals surface area contributed by atoms with Crippen LogP contribution < -0.4 is 0 Å². The van der Waals surface area contributed by atoms with E-state index in [0.29, 0.717) is 5.56 Å². The maximum absolute atomic E-state index is 9.87. The van der Waals surface area contributed by atoms with Crippen LogP contribution in [0.1, 0.15) is 17.2 Å². The maximum atomic E-state index is 9.87. The molecule has 4 nitrogen and oxygen atoms in total. The van der Waals surface area contributed by atoms with Crippen molar-refractivity contribution in [3.63, 3.8) is 0 Å². The number of aliphatic hydroxyl groups excluding tert-OH is 2. The Morgan fingerprint density at radius 3 is 2.72 bits per heavy atom. The van der Waals surface area contributed by atoms with E-state index in [1.54, 1.807) is 17.1 Å². The van der Waals surface area contributed by atoms with Crippen LogP contribution in [0.3, 0.4) is 0 Å². The Balaban J connectivity index is 2.29. The van der Waals surface area contributed by atoms with E-state index < -0.39 is 12.2 Å². The molecule has 0 aliphatic rings. The third-order valence-electron chi connectivity index (χ3n) is 2.86. The molecule has 1 aromatic carbocycles. The lowest BCUT2D eigenvalue weighted by atomic mass is 10.1. The fourth-order valence-corrected chi connectivity index (χ4v) is 1.96. The van der Waals surface area contributed by atoms with E-state index in [-0.39, 0.29) is 5.75 Å². The average molecular weight is 264 g/mol. The number of hydrogen-bond acceptors (Lipinski definition) is 4. The van der Waals surface area contributed by atoms with Crippen LogP contribution in [-0.4, -0.2) is 31.9 Å². The van der Waals surface area contributed by atoms with Gasteiger partial charge in [0.15, 0.2) is 0 Å². The van der Waals surface area contributed by atoms with Gasteiger partial charge in [0, 0.05) is 17.5 Å². The highest BCUT2D eigenvalue weighted by molar-refractivity contribution is 7.80. The molecule has 2 aromatic rings. The summed E-state index contributed by atoms with van der Waals surface area (Å²) >= 11 is 3.96. The molecule has 0 saturated heterocycles. The summed E-state index contributed by atoms with van der Waals surface area (Å²) in [5.41, 5.74) is 2.63. The summed E-state index contributed by atoms with van der Waals surface area (Å²) in [4.78, 5) is 0. The summed E-state index contributed by atoms with van der Waals surface area (Å²) in [7, 11) is 0. The van der Waals surface area contributed by atoms with Gasteiger partial charge >= 0.3 is 0 Å². The minimum absolute atomic E-state index is 0.205. The lowest BCUT2D eigenvalue weighted by molar-refractivity contribution is 0.0337. The van der Waals surface area contributed by atoms with Crippen molar-refractivity contribution in [1.29, 1.82) is 0 Å². The summed E-state index contributed by atoms with van der Waals surface area (Å²) in [5, 5.41) is 23.6. The second-order valence-corrected chi connectivity index (χ2v) is 4.56. The topological polar surface area (TPSA) is 58.3 Å². The Hall–Kier alpha value is -1.30. The number of thiol groups is 1. The number of aliphatic hydroxyl groups is 2. The largest absolute Gasteiger partial charge is 0.389 e. The van der Waals surface area contributed by atoms with E-state index in [4.69, 9.17) is 0 Å². The van der Waals surface area contributed by atoms with Crippen LogP contribution in [0.15, 0.2) is 36.7 Å². The van der Waals surface area contributed by atoms with Crippen molar-refractivity contribution in [2.45, 2.75) is 19.1 Å². The van der Waals surface area contributed by atoms with E-state index in [1.165, 1.54) is 0 Å². The van der Waals surface area contributed by atoms with Gasteiger partial charge in [0.1, 0.15) is 6.10 Å². The molecule has 96 valence electrons. The molecule has 1 aromatic heterocycles. The molecule has 2 atom stereocenters. The molecule has 0 aliphatic heterocycles. The lowest BCUT2D eigenvalue weighted by Crippen LogP contribution is -2.19. The molecular weight excluding hydrogens is 248 g/mol. The summed E-state index contributed by atoms with van der Waals surface area (Å²) in [6.07, 6.45) is 1.44. The van der Waals surface area contributed by atoms with E-state index in [1.807, 2.05) is 31.2 Å². The van der Waals surface area contributed by atoms with Crippen LogP contribution in [0.2, 0.25) is 0 Å². The summed E-state index contributed by atoms with van der Waals surface area (Å²) in [6.45, 7) is 2.00. The quantitative estimate of drug-likeness (QED) is 0.734. The third-order valence-corrected chi connectivity index (χ3v) is 3.23. The van der Waals surface area contributed by atoms with Crippen molar-refractivity contribution >= 4 is 12.6 Å². The van der Waals surface area contributed by atoms with Crippen molar-refractivity contribution in [3.8, 4) is 5.69 Å². The van der Waals surface area contributed by atoms with Crippen LogP contribution in [0.4, 0.5) is 0 Å². The highest BCUT2D eigenvalue weighted by Gasteiger charge is 2.18. The minimum atomic E-state index is -0.958. The SMILES string of the molecule is Cc1ccccc1-n1cc(C(O)C(O)CS)cn1. The van der Waals surface area contributed by atoms with Crippen LogP contribution in [-0.2, 0) is 0 Å². The Morgan fingerprint density at radius 2 is 2.06 bits per heavy atom. The van der Waals surface area contributed by atoms with Gasteiger partial charge in [-0.05, 0) is 18.6 Å². The van der Waals surface area contributed by atoms with Crippen molar-refractivity contribution in [2.24, 2.45) is 0 Å². The van der Waals surface area contributed by atoms with Gasteiger partial charge < -0.3 is 10.2 Å². The number of nitrogens with zero attached hydrogens (tertiary/aromatic N) is 2. The maximum Gasteiger partial charge on any atom is 0.109 e. The average Bonchev–Trinajstić information content (AvgIpc) is 2.87. The predicted molar refractivity (Wildman–Crippen MR) is 73.1 cm³/mol. The molecule has 0 bridgehead atoms. The first-order valence-electron chi connectivity index (χ1n) is 5.71. The van der Waals surface area contributed by atoms with E-state index >= 15 is 0 Å². The van der Waals surface area contributed by atoms with Gasteiger partial charge in [-0.15, -0.1) is 0 Å². The molecule has 0 amide bonds. The first-order valence-corrected chi connectivity index (χ1v) is 6.34. The number of hydrogen-bond donors (Lipinski definition) is 3. The van der Waals surface area contributed by atoms with Gasteiger partial charge in [-0.1, -0.05) is 18.2 Å². The zero-order valence-corrected chi connectivity index (χ0v) is 11.0. The molecule has 0 aliphatic carbocycles. The fraction of sp³-hybridized carbons (Fsp3) is 0.308. The Bertz CT molecular complexity index is 527. The Labute approximate surface area is 111 Å². The highest BCUT2D eigenvalue weighted by Crippen LogP contribution is 2.19. The van der Waals surface area contributed by atoms with Crippen LogP contribution in [0.5, 0.6) is 0 Å². The summed E-state index contributed by atoms with van der Waals surface area (Å²) in [5.74, 6) is 0.205. The molecule has 0 fully saturated rings. The molecule has 18 heavy (non-hydrogen) atoms. The Morgan fingerprint density at radius 1 is 1.33 bits per heavy atom. The second kappa shape index (κ2) is 5.56. The zero-order valence-electron chi connectivity index (χ0n) is 10.1. The monoisotopic (exact) mass is 264 g/mol. The van der Waals surface area contributed by atoms with Gasteiger partial charge in [0.25, 0.3) is 0 Å². The molecule has 0 saturated carbocycles. The summed E-state index contributed by atoms with van der Waals surface area (Å²) in [6, 6.07) is 7.84. The van der Waals surface area contributed by atoms with E-state index in [2.05, 4.69) is 17.7 Å². The fourth-order valence-electron chi connectivity index (χ4n) is 1.76. The van der Waals surface area contributed by atoms with Gasteiger partial charge in [-0.2, -0.15) is 17.7 Å².